The predicted octanol–water partition coefficient (Wildman–Crippen LogP) is 2.81. The van der Waals surface area contributed by atoms with Crippen LogP contribution in [0.15, 0.2) is 48.9 Å². The van der Waals surface area contributed by atoms with Gasteiger partial charge in [0.25, 0.3) is 0 Å². The largest absolute Gasteiger partial charge is 0.503 e. The van der Waals surface area contributed by atoms with Crippen LogP contribution in [0.3, 0.4) is 0 Å². The van der Waals surface area contributed by atoms with Crippen LogP contribution in [-0.4, -0.2) is 28.5 Å². The van der Waals surface area contributed by atoms with Gasteiger partial charge in [0.2, 0.25) is 0 Å². The number of nitrogens with zero attached hydrogens (tertiary/aromatic N) is 1. The van der Waals surface area contributed by atoms with E-state index in [0.717, 1.165) is 11.8 Å². The molecule has 1 N–H and O–H groups in total. The molecule has 114 valence electrons. The Labute approximate surface area is 128 Å². The number of ketones is 1. The number of methoxy groups -OCH3 is 1. The van der Waals surface area contributed by atoms with Gasteiger partial charge in [0.1, 0.15) is 5.57 Å². The lowest BCUT2D eigenvalue weighted by Crippen LogP contribution is -2.06. The molecule has 1 heterocycles. The van der Waals surface area contributed by atoms with Gasteiger partial charge in [0, 0.05) is 25.2 Å². The summed E-state index contributed by atoms with van der Waals surface area (Å²) in [5.41, 5.74) is 1.94. The summed E-state index contributed by atoms with van der Waals surface area (Å²) in [6, 6.07) is 11.2. The van der Waals surface area contributed by atoms with E-state index in [0.29, 0.717) is 17.8 Å². The molecule has 2 rings (SSSR count). The Bertz CT molecular complexity index is 714. The summed E-state index contributed by atoms with van der Waals surface area (Å²) >= 11 is 0. The topological polar surface area (TPSA) is 68.5 Å². The predicted molar refractivity (Wildman–Crippen MR) is 82.6 cm³/mol. The molecule has 0 spiro atoms. The van der Waals surface area contributed by atoms with Crippen molar-refractivity contribution in [2.75, 3.05) is 7.11 Å². The van der Waals surface area contributed by atoms with Crippen molar-refractivity contribution in [3.63, 3.8) is 0 Å². The smallest absolute Gasteiger partial charge is 0.339 e. The van der Waals surface area contributed by atoms with E-state index in [1.54, 1.807) is 16.8 Å². The molecular weight excluding hydrogens is 282 g/mol. The van der Waals surface area contributed by atoms with Crippen LogP contribution in [0.4, 0.5) is 0 Å². The van der Waals surface area contributed by atoms with Gasteiger partial charge in [-0.25, -0.2) is 4.79 Å². The van der Waals surface area contributed by atoms with Crippen LogP contribution in [-0.2, 0) is 16.1 Å². The summed E-state index contributed by atoms with van der Waals surface area (Å²) in [6.07, 6.45) is 2.82. The molecule has 0 amide bonds. The number of aromatic nitrogens is 1. The van der Waals surface area contributed by atoms with Crippen molar-refractivity contribution in [2.24, 2.45) is 0 Å². The highest BCUT2D eigenvalue weighted by Gasteiger charge is 2.17. The summed E-state index contributed by atoms with van der Waals surface area (Å²) in [5, 5.41) is 9.24. The van der Waals surface area contributed by atoms with E-state index < -0.39 is 5.97 Å². The summed E-state index contributed by atoms with van der Waals surface area (Å²) in [6.45, 7) is 1.96. The second-order valence-corrected chi connectivity index (χ2v) is 4.86. The SMILES string of the molecule is COC=C(C(=O)O)c1cc(C(C)=O)n(Cc2ccccc2)c1. The number of ether oxygens (including phenoxy) is 1. The number of rotatable bonds is 6. The molecule has 22 heavy (non-hydrogen) atoms. The molecule has 0 aliphatic rings. The lowest BCUT2D eigenvalue weighted by molar-refractivity contribution is -0.130. The van der Waals surface area contributed by atoms with E-state index >= 15 is 0 Å². The quantitative estimate of drug-likeness (QED) is 0.506. The third-order valence-corrected chi connectivity index (χ3v) is 3.23. The van der Waals surface area contributed by atoms with Gasteiger partial charge in [-0.2, -0.15) is 0 Å². The molecule has 0 bridgehead atoms. The van der Waals surface area contributed by atoms with Crippen molar-refractivity contribution in [2.45, 2.75) is 13.5 Å². The molecule has 0 fully saturated rings. The van der Waals surface area contributed by atoms with Gasteiger partial charge in [-0.15, -0.1) is 0 Å². The van der Waals surface area contributed by atoms with Crippen molar-refractivity contribution < 1.29 is 19.4 Å². The van der Waals surface area contributed by atoms with Crippen molar-refractivity contribution in [1.82, 2.24) is 4.57 Å². The highest BCUT2D eigenvalue weighted by molar-refractivity contribution is 6.15. The first-order valence-corrected chi connectivity index (χ1v) is 6.74. The molecule has 0 saturated carbocycles. The van der Waals surface area contributed by atoms with Gasteiger partial charge in [-0.1, -0.05) is 30.3 Å². The van der Waals surface area contributed by atoms with Gasteiger partial charge in [0.15, 0.2) is 5.78 Å². The molecule has 0 aliphatic carbocycles. The van der Waals surface area contributed by atoms with Crippen LogP contribution in [0, 0.1) is 0 Å². The minimum Gasteiger partial charge on any atom is -0.503 e. The Morgan fingerprint density at radius 2 is 1.95 bits per heavy atom. The molecule has 0 radical (unpaired) electrons. The molecule has 5 nitrogen and oxygen atoms in total. The second-order valence-electron chi connectivity index (χ2n) is 4.86. The highest BCUT2D eigenvalue weighted by Crippen LogP contribution is 2.20. The fourth-order valence-electron chi connectivity index (χ4n) is 2.23. The van der Waals surface area contributed by atoms with Crippen molar-refractivity contribution in [3.05, 3.63) is 65.7 Å². The van der Waals surface area contributed by atoms with Crippen molar-refractivity contribution >= 4 is 17.3 Å². The van der Waals surface area contributed by atoms with Gasteiger partial charge in [0.05, 0.1) is 19.1 Å². The monoisotopic (exact) mass is 299 g/mol. The van der Waals surface area contributed by atoms with Crippen LogP contribution < -0.4 is 0 Å². The molecule has 0 aliphatic heterocycles. The molecule has 2 aromatic rings. The standard InChI is InChI=1S/C17H17NO4/c1-12(19)16-8-14(15(11-22-2)17(20)21)10-18(16)9-13-6-4-3-5-7-13/h3-8,10-11H,9H2,1-2H3,(H,20,21). The number of hydrogen-bond donors (Lipinski definition) is 1. The van der Waals surface area contributed by atoms with Gasteiger partial charge in [-0.3, -0.25) is 4.79 Å². The number of aliphatic carboxylic acids is 1. The normalized spacial score (nSPS) is 11.3. The number of carboxylic acids is 1. The van der Waals surface area contributed by atoms with Gasteiger partial charge in [-0.05, 0) is 11.6 Å². The van der Waals surface area contributed by atoms with Crippen LogP contribution in [0.1, 0.15) is 28.5 Å². The fourth-order valence-corrected chi connectivity index (χ4v) is 2.23. The average Bonchev–Trinajstić information content (AvgIpc) is 2.89. The van der Waals surface area contributed by atoms with E-state index in [1.165, 1.54) is 14.0 Å². The zero-order valence-electron chi connectivity index (χ0n) is 12.4. The third kappa shape index (κ3) is 3.44. The van der Waals surface area contributed by atoms with E-state index in [1.807, 2.05) is 30.3 Å². The van der Waals surface area contributed by atoms with E-state index in [4.69, 9.17) is 4.74 Å². The number of carbonyl (C=O) groups is 2. The molecule has 5 heteroatoms. The number of Topliss-reactive ketones (excluding diaryl/α,β-unsaturated/α-hetero) is 1. The zero-order valence-corrected chi connectivity index (χ0v) is 12.4. The molecule has 0 unspecified atom stereocenters. The molecule has 1 aromatic carbocycles. The Hall–Kier alpha value is -2.82. The Morgan fingerprint density at radius 1 is 1.27 bits per heavy atom. The first kappa shape index (κ1) is 15.6. The number of carbonyl (C=O) groups excluding carboxylic acids is 1. The summed E-state index contributed by atoms with van der Waals surface area (Å²) in [7, 11) is 1.38. The maximum Gasteiger partial charge on any atom is 0.339 e. The molecule has 0 atom stereocenters. The van der Waals surface area contributed by atoms with E-state index in [-0.39, 0.29) is 11.4 Å². The van der Waals surface area contributed by atoms with E-state index in [9.17, 15) is 14.7 Å². The van der Waals surface area contributed by atoms with Gasteiger partial charge < -0.3 is 14.4 Å². The number of carboxylic acid groups (broad SMARTS) is 1. The summed E-state index contributed by atoms with van der Waals surface area (Å²) in [4.78, 5) is 23.1. The van der Waals surface area contributed by atoms with Crippen LogP contribution in [0.5, 0.6) is 0 Å². The Kier molecular flexibility index (Phi) is 4.78. The Balaban J connectivity index is 2.44. The van der Waals surface area contributed by atoms with Gasteiger partial charge >= 0.3 is 5.97 Å². The minimum atomic E-state index is -1.10. The van der Waals surface area contributed by atoms with Crippen LogP contribution >= 0.6 is 0 Å². The summed E-state index contributed by atoms with van der Waals surface area (Å²) < 4.78 is 6.56. The zero-order chi connectivity index (χ0) is 16.1. The fraction of sp³-hybridized carbons (Fsp3) is 0.176. The molecule has 1 aromatic heterocycles. The molecule has 0 saturated heterocycles. The maximum absolute atomic E-state index is 11.8. The Morgan fingerprint density at radius 3 is 2.50 bits per heavy atom. The van der Waals surface area contributed by atoms with Crippen LogP contribution in [0.25, 0.3) is 5.57 Å². The minimum absolute atomic E-state index is 0.0109. The second kappa shape index (κ2) is 6.76. The van der Waals surface area contributed by atoms with E-state index in [2.05, 4.69) is 0 Å². The number of hydrogen-bond acceptors (Lipinski definition) is 3. The first-order valence-electron chi connectivity index (χ1n) is 6.74. The third-order valence-electron chi connectivity index (χ3n) is 3.23. The maximum atomic E-state index is 11.8. The van der Waals surface area contributed by atoms with Crippen molar-refractivity contribution in [1.29, 1.82) is 0 Å². The lowest BCUT2D eigenvalue weighted by Gasteiger charge is -2.06. The molecular formula is C17H17NO4. The summed E-state index contributed by atoms with van der Waals surface area (Å²) in [5.74, 6) is -1.22. The average molecular weight is 299 g/mol. The lowest BCUT2D eigenvalue weighted by atomic mass is 10.1. The first-order chi connectivity index (χ1) is 10.5. The van der Waals surface area contributed by atoms with Crippen LogP contribution in [0.2, 0.25) is 0 Å². The van der Waals surface area contributed by atoms with Crippen molar-refractivity contribution in [3.8, 4) is 0 Å². The highest BCUT2D eigenvalue weighted by atomic mass is 16.5. The number of benzene rings is 1.